The van der Waals surface area contributed by atoms with Gasteiger partial charge in [-0.25, -0.2) is 9.78 Å². The Kier molecular flexibility index (Phi) is 6.70. The number of piperazine rings is 1. The first-order chi connectivity index (χ1) is 17.0. The average molecular weight is 474 g/mol. The van der Waals surface area contributed by atoms with Crippen molar-refractivity contribution in [1.29, 1.82) is 0 Å². The Balaban J connectivity index is 1.25. The molecule has 1 saturated heterocycles. The van der Waals surface area contributed by atoms with Crippen LogP contribution in [0.5, 0.6) is 5.75 Å². The predicted molar refractivity (Wildman–Crippen MR) is 136 cm³/mol. The Morgan fingerprint density at radius 2 is 1.71 bits per heavy atom. The molecule has 0 bridgehead atoms. The number of hydrogen-bond acceptors (Lipinski definition) is 7. The van der Waals surface area contributed by atoms with Gasteiger partial charge in [0.05, 0.1) is 18.4 Å². The first-order valence-electron chi connectivity index (χ1n) is 12.1. The van der Waals surface area contributed by atoms with Gasteiger partial charge in [0.1, 0.15) is 17.1 Å². The maximum Gasteiger partial charge on any atom is 0.336 e. The first kappa shape index (κ1) is 23.3. The van der Waals surface area contributed by atoms with E-state index in [2.05, 4.69) is 22.8 Å². The lowest BCUT2D eigenvalue weighted by molar-refractivity contribution is 0.121. The second-order valence-electron chi connectivity index (χ2n) is 9.05. The number of oxazole rings is 1. The third kappa shape index (κ3) is 5.01. The average Bonchev–Trinajstić information content (AvgIpc) is 3.24. The Morgan fingerprint density at radius 3 is 2.46 bits per heavy atom. The highest BCUT2D eigenvalue weighted by Crippen LogP contribution is 2.30. The number of aryl methyl sites for hydroxylation is 2. The maximum atomic E-state index is 12.1. The van der Waals surface area contributed by atoms with E-state index in [4.69, 9.17) is 18.6 Å². The molecule has 1 aliphatic heterocycles. The van der Waals surface area contributed by atoms with Gasteiger partial charge in [-0.1, -0.05) is 25.1 Å². The zero-order chi connectivity index (χ0) is 24.4. The van der Waals surface area contributed by atoms with Gasteiger partial charge in [-0.3, -0.25) is 9.80 Å². The van der Waals surface area contributed by atoms with Gasteiger partial charge in [-0.2, -0.15) is 0 Å². The van der Waals surface area contributed by atoms with Crippen molar-refractivity contribution in [3.63, 3.8) is 0 Å². The van der Waals surface area contributed by atoms with Crippen molar-refractivity contribution in [3.05, 3.63) is 81.5 Å². The lowest BCUT2D eigenvalue weighted by atomic mass is 10.0. The third-order valence-corrected chi connectivity index (χ3v) is 6.76. The molecule has 5 rings (SSSR count). The van der Waals surface area contributed by atoms with Crippen LogP contribution in [0.1, 0.15) is 29.5 Å². The van der Waals surface area contributed by atoms with Gasteiger partial charge in [0.15, 0.2) is 0 Å². The molecule has 2 aromatic carbocycles. The smallest absolute Gasteiger partial charge is 0.336 e. The maximum absolute atomic E-state index is 12.1. The summed E-state index contributed by atoms with van der Waals surface area (Å²) < 4.78 is 16.9. The fourth-order valence-electron chi connectivity index (χ4n) is 4.70. The zero-order valence-corrected chi connectivity index (χ0v) is 20.5. The van der Waals surface area contributed by atoms with E-state index in [9.17, 15) is 4.79 Å². The van der Waals surface area contributed by atoms with Crippen molar-refractivity contribution in [2.45, 2.75) is 33.4 Å². The first-order valence-corrected chi connectivity index (χ1v) is 12.1. The molecule has 0 radical (unpaired) electrons. The monoisotopic (exact) mass is 473 g/mol. The number of hydrogen-bond donors (Lipinski definition) is 0. The van der Waals surface area contributed by atoms with E-state index in [0.717, 1.165) is 79.4 Å². The van der Waals surface area contributed by atoms with Gasteiger partial charge in [0, 0.05) is 50.7 Å². The molecule has 2 aromatic heterocycles. The molecule has 182 valence electrons. The van der Waals surface area contributed by atoms with Gasteiger partial charge in [-0.15, -0.1) is 0 Å². The number of para-hydroxylation sites is 1. The molecule has 0 N–H and O–H groups in total. The van der Waals surface area contributed by atoms with Crippen LogP contribution >= 0.6 is 0 Å². The number of methoxy groups -OCH3 is 1. The van der Waals surface area contributed by atoms with Crippen LogP contribution < -0.4 is 10.4 Å². The van der Waals surface area contributed by atoms with Crippen molar-refractivity contribution >= 4 is 11.0 Å². The number of aromatic nitrogens is 1. The van der Waals surface area contributed by atoms with Gasteiger partial charge >= 0.3 is 5.63 Å². The number of nitrogens with zero attached hydrogens (tertiary/aromatic N) is 3. The number of ether oxygens (including phenoxy) is 1. The molecule has 3 heterocycles. The van der Waals surface area contributed by atoms with E-state index in [1.54, 1.807) is 13.2 Å². The van der Waals surface area contributed by atoms with Gasteiger partial charge < -0.3 is 13.6 Å². The van der Waals surface area contributed by atoms with E-state index in [-0.39, 0.29) is 5.63 Å². The summed E-state index contributed by atoms with van der Waals surface area (Å²) in [5, 5.41) is 1.04. The third-order valence-electron chi connectivity index (χ3n) is 6.76. The lowest BCUT2D eigenvalue weighted by Gasteiger charge is -2.34. The molecule has 0 atom stereocenters. The van der Waals surface area contributed by atoms with E-state index >= 15 is 0 Å². The van der Waals surface area contributed by atoms with Gasteiger partial charge in [0.25, 0.3) is 0 Å². The summed E-state index contributed by atoms with van der Waals surface area (Å²) in [5.74, 6) is 2.18. The zero-order valence-electron chi connectivity index (χ0n) is 20.5. The minimum absolute atomic E-state index is 0.289. The quantitative estimate of drug-likeness (QED) is 0.362. The second-order valence-corrected chi connectivity index (χ2v) is 9.05. The van der Waals surface area contributed by atoms with Crippen LogP contribution in [0, 0.1) is 6.92 Å². The van der Waals surface area contributed by atoms with Gasteiger partial charge in [-0.05, 0) is 48.7 Å². The van der Waals surface area contributed by atoms with E-state index in [1.807, 2.05) is 43.3 Å². The molecule has 0 saturated carbocycles. The van der Waals surface area contributed by atoms with Crippen molar-refractivity contribution in [2.24, 2.45) is 0 Å². The van der Waals surface area contributed by atoms with E-state index in [0.29, 0.717) is 11.5 Å². The van der Waals surface area contributed by atoms with E-state index < -0.39 is 0 Å². The molecule has 0 aliphatic carbocycles. The van der Waals surface area contributed by atoms with Crippen LogP contribution in [0.25, 0.3) is 22.4 Å². The summed E-state index contributed by atoms with van der Waals surface area (Å²) in [5.41, 5.74) is 4.47. The highest BCUT2D eigenvalue weighted by molar-refractivity contribution is 5.81. The van der Waals surface area contributed by atoms with E-state index in [1.165, 1.54) is 5.56 Å². The normalized spacial score (nSPS) is 15.1. The van der Waals surface area contributed by atoms with Crippen LogP contribution in [-0.2, 0) is 19.5 Å². The minimum Gasteiger partial charge on any atom is -0.496 e. The fourth-order valence-corrected chi connectivity index (χ4v) is 4.70. The van der Waals surface area contributed by atoms with Crippen molar-refractivity contribution in [1.82, 2.24) is 14.8 Å². The van der Waals surface area contributed by atoms with Crippen LogP contribution in [0.15, 0.2) is 62.2 Å². The highest BCUT2D eigenvalue weighted by Gasteiger charge is 2.22. The van der Waals surface area contributed by atoms with Crippen LogP contribution in [0.3, 0.4) is 0 Å². The number of fused-ring (bicyclic) bond motifs is 1. The summed E-state index contributed by atoms with van der Waals surface area (Å²) in [6.07, 6.45) is 0.952. The Labute approximate surface area is 204 Å². The summed E-state index contributed by atoms with van der Waals surface area (Å²) in [7, 11) is 1.66. The molecule has 1 fully saturated rings. The standard InChI is InChI=1S/C28H31N3O4/c1-4-20-9-10-26-23(15-20)21(16-27(32)35-26)17-30-11-13-31(14-12-30)18-24-19(2)34-28(29-24)22-7-5-6-8-25(22)33-3/h5-10,15-16H,4,11-14,17-18H2,1-3H3. The molecule has 7 heteroatoms. The highest BCUT2D eigenvalue weighted by atomic mass is 16.5. The van der Waals surface area contributed by atoms with Crippen molar-refractivity contribution < 1.29 is 13.6 Å². The summed E-state index contributed by atoms with van der Waals surface area (Å²) in [6.45, 7) is 9.28. The molecule has 0 unspecified atom stereocenters. The van der Waals surface area contributed by atoms with Crippen LogP contribution in [0.2, 0.25) is 0 Å². The molecule has 7 nitrogen and oxygen atoms in total. The molecule has 1 aliphatic rings. The number of rotatable bonds is 7. The second kappa shape index (κ2) is 10.1. The summed E-state index contributed by atoms with van der Waals surface area (Å²) in [6, 6.07) is 15.5. The van der Waals surface area contributed by atoms with Crippen molar-refractivity contribution in [3.8, 4) is 17.2 Å². The molecular formula is C28H31N3O4. The molecule has 4 aromatic rings. The molecular weight excluding hydrogens is 442 g/mol. The largest absolute Gasteiger partial charge is 0.496 e. The summed E-state index contributed by atoms with van der Waals surface area (Å²) >= 11 is 0. The Morgan fingerprint density at radius 1 is 0.971 bits per heavy atom. The SMILES string of the molecule is CCc1ccc2oc(=O)cc(CN3CCN(Cc4nc(-c5ccccc5OC)oc4C)CC3)c2c1. The minimum atomic E-state index is -0.289. The fraction of sp³-hybridized carbons (Fsp3) is 0.357. The van der Waals surface area contributed by atoms with Crippen molar-refractivity contribution in [2.75, 3.05) is 33.3 Å². The lowest BCUT2D eigenvalue weighted by Crippen LogP contribution is -2.45. The Hall–Kier alpha value is -3.42. The molecule has 0 amide bonds. The summed E-state index contributed by atoms with van der Waals surface area (Å²) in [4.78, 5) is 21.7. The van der Waals surface area contributed by atoms with Crippen LogP contribution in [0.4, 0.5) is 0 Å². The Bertz CT molecular complexity index is 1380. The molecule has 35 heavy (non-hydrogen) atoms. The van der Waals surface area contributed by atoms with Crippen LogP contribution in [-0.4, -0.2) is 48.1 Å². The number of benzene rings is 2. The van der Waals surface area contributed by atoms with Gasteiger partial charge in [0.2, 0.25) is 5.89 Å². The topological polar surface area (TPSA) is 72.0 Å². The molecule has 0 spiro atoms. The predicted octanol–water partition coefficient (Wildman–Crippen LogP) is 4.65.